The summed E-state index contributed by atoms with van der Waals surface area (Å²) in [7, 11) is -3.37. The standard InChI is InChI=1S/C17H24N4O5S/c22-16(15-19-12-8-4-5-9-14(12)27(25,26)21-15)18-10-13(20-17(23)24)11-6-2-1-3-7-11/h4-5,8-9,11,13,20,25-26H,1-3,6-7,10H2,(H,18,22)(H,19,21)(H,23,24). The van der Waals surface area contributed by atoms with Gasteiger partial charge in [0, 0.05) is 6.54 Å². The van der Waals surface area contributed by atoms with Gasteiger partial charge in [-0.1, -0.05) is 42.2 Å². The van der Waals surface area contributed by atoms with Gasteiger partial charge in [0.25, 0.3) is 5.91 Å². The van der Waals surface area contributed by atoms with Crippen molar-refractivity contribution in [1.82, 2.24) is 15.4 Å². The van der Waals surface area contributed by atoms with Crippen molar-refractivity contribution >= 4 is 34.3 Å². The van der Waals surface area contributed by atoms with Crippen LogP contribution in [-0.4, -0.2) is 44.6 Å². The minimum atomic E-state index is -3.37. The van der Waals surface area contributed by atoms with E-state index in [2.05, 4.69) is 20.3 Å². The van der Waals surface area contributed by atoms with E-state index in [-0.39, 0.29) is 23.2 Å². The molecule has 2 aliphatic rings. The van der Waals surface area contributed by atoms with E-state index in [1.165, 1.54) is 6.07 Å². The summed E-state index contributed by atoms with van der Waals surface area (Å²) in [6.07, 6.45) is 3.92. The maximum atomic E-state index is 12.5. The fourth-order valence-electron chi connectivity index (χ4n) is 3.54. The smallest absolute Gasteiger partial charge is 0.404 e. The van der Waals surface area contributed by atoms with Crippen LogP contribution >= 0.6 is 10.8 Å². The number of nitrogens with zero attached hydrogens (tertiary/aromatic N) is 1. The average Bonchev–Trinajstić information content (AvgIpc) is 2.64. The Balaban J connectivity index is 1.69. The summed E-state index contributed by atoms with van der Waals surface area (Å²) in [5.41, 5.74) is 0.314. The van der Waals surface area contributed by atoms with Crippen molar-refractivity contribution in [3.8, 4) is 0 Å². The van der Waals surface area contributed by atoms with E-state index >= 15 is 0 Å². The van der Waals surface area contributed by atoms with Gasteiger partial charge in [0.1, 0.15) is 4.90 Å². The molecule has 1 aliphatic carbocycles. The number of amides is 2. The van der Waals surface area contributed by atoms with Crippen LogP contribution < -0.4 is 15.4 Å². The number of rotatable bonds is 5. The van der Waals surface area contributed by atoms with Crippen LogP contribution in [0.2, 0.25) is 0 Å². The number of amidine groups is 1. The first-order valence-corrected chi connectivity index (χ1v) is 10.4. The number of aliphatic imine (C=N–C) groups is 1. The van der Waals surface area contributed by atoms with Gasteiger partial charge in [0.2, 0.25) is 5.84 Å². The number of hydrogen-bond acceptors (Lipinski definition) is 6. The zero-order valence-electron chi connectivity index (χ0n) is 14.7. The molecule has 0 saturated heterocycles. The minimum Gasteiger partial charge on any atom is -0.465 e. The predicted molar refractivity (Wildman–Crippen MR) is 102 cm³/mol. The molecule has 3 rings (SSSR count). The summed E-state index contributed by atoms with van der Waals surface area (Å²) >= 11 is 0. The summed E-state index contributed by atoms with van der Waals surface area (Å²) in [5, 5.41) is 14.2. The second-order valence-corrected chi connectivity index (χ2v) is 8.48. The molecule has 1 unspecified atom stereocenters. The normalized spacial score (nSPS) is 21.0. The molecule has 1 aromatic rings. The largest absolute Gasteiger partial charge is 0.465 e. The third kappa shape index (κ3) is 4.71. The third-order valence-electron chi connectivity index (χ3n) is 4.87. The fraction of sp³-hybridized carbons (Fsp3) is 0.471. The van der Waals surface area contributed by atoms with Crippen molar-refractivity contribution in [1.29, 1.82) is 0 Å². The molecule has 148 valence electrons. The molecule has 6 N–H and O–H groups in total. The lowest BCUT2D eigenvalue weighted by molar-refractivity contribution is -0.115. The van der Waals surface area contributed by atoms with E-state index in [0.29, 0.717) is 5.69 Å². The molecule has 10 heteroatoms. The van der Waals surface area contributed by atoms with Gasteiger partial charge in [-0.25, -0.2) is 9.79 Å². The Hall–Kier alpha value is -2.30. The molecule has 0 bridgehead atoms. The zero-order chi connectivity index (χ0) is 19.4. The Kier molecular flexibility index (Phi) is 5.88. The van der Waals surface area contributed by atoms with E-state index in [1.54, 1.807) is 18.2 Å². The highest BCUT2D eigenvalue weighted by atomic mass is 32.3. The molecular formula is C17H24N4O5S. The van der Waals surface area contributed by atoms with Crippen LogP contribution in [0.5, 0.6) is 0 Å². The molecule has 0 radical (unpaired) electrons. The summed E-state index contributed by atoms with van der Waals surface area (Å²) in [6.45, 7) is 0.108. The van der Waals surface area contributed by atoms with Gasteiger partial charge in [-0.15, -0.1) is 0 Å². The first-order chi connectivity index (χ1) is 12.9. The van der Waals surface area contributed by atoms with E-state index in [0.717, 1.165) is 32.1 Å². The number of benzene rings is 1. The second-order valence-electron chi connectivity index (χ2n) is 6.74. The Morgan fingerprint density at radius 2 is 1.93 bits per heavy atom. The molecule has 1 atom stereocenters. The highest BCUT2D eigenvalue weighted by Crippen LogP contribution is 2.50. The number of carbonyl (C=O) groups excluding carboxylic acids is 1. The maximum absolute atomic E-state index is 12.5. The lowest BCUT2D eigenvalue weighted by Crippen LogP contribution is -2.51. The molecule has 9 nitrogen and oxygen atoms in total. The lowest BCUT2D eigenvalue weighted by Gasteiger charge is -2.37. The van der Waals surface area contributed by atoms with Crippen molar-refractivity contribution in [3.63, 3.8) is 0 Å². The molecular weight excluding hydrogens is 372 g/mol. The van der Waals surface area contributed by atoms with Crippen molar-refractivity contribution in [2.45, 2.75) is 43.0 Å². The number of nitrogens with one attached hydrogen (secondary N) is 3. The van der Waals surface area contributed by atoms with Gasteiger partial charge >= 0.3 is 6.09 Å². The molecule has 1 aromatic carbocycles. The van der Waals surface area contributed by atoms with Gasteiger partial charge in [-0.05, 0) is 30.9 Å². The van der Waals surface area contributed by atoms with Crippen LogP contribution in [-0.2, 0) is 4.79 Å². The van der Waals surface area contributed by atoms with Gasteiger partial charge < -0.3 is 15.7 Å². The highest BCUT2D eigenvalue weighted by molar-refractivity contribution is 8.23. The number of carboxylic acid groups (broad SMARTS) is 1. The van der Waals surface area contributed by atoms with Crippen LogP contribution in [0.4, 0.5) is 10.5 Å². The molecule has 27 heavy (non-hydrogen) atoms. The Bertz CT molecular complexity index is 749. The predicted octanol–water partition coefficient (Wildman–Crippen LogP) is 2.68. The van der Waals surface area contributed by atoms with Crippen molar-refractivity contribution in [2.75, 3.05) is 6.54 Å². The number of hydrogen-bond donors (Lipinski definition) is 6. The van der Waals surface area contributed by atoms with E-state index < -0.39 is 28.8 Å². The van der Waals surface area contributed by atoms with Gasteiger partial charge in [-0.3, -0.25) is 18.6 Å². The van der Waals surface area contributed by atoms with Gasteiger partial charge in [-0.2, -0.15) is 0 Å². The summed E-state index contributed by atoms with van der Waals surface area (Å²) in [5.74, 6) is -0.651. The monoisotopic (exact) mass is 396 g/mol. The Morgan fingerprint density at radius 3 is 2.63 bits per heavy atom. The first-order valence-electron chi connectivity index (χ1n) is 8.88. The molecule has 1 heterocycles. The zero-order valence-corrected chi connectivity index (χ0v) is 15.5. The number of para-hydroxylation sites is 1. The topological polar surface area (TPSA) is 143 Å². The molecule has 1 saturated carbocycles. The van der Waals surface area contributed by atoms with Crippen LogP contribution in [0.3, 0.4) is 0 Å². The van der Waals surface area contributed by atoms with Crippen molar-refractivity contribution in [2.24, 2.45) is 10.9 Å². The molecule has 0 spiro atoms. The minimum absolute atomic E-state index is 0.108. The van der Waals surface area contributed by atoms with Crippen molar-refractivity contribution < 1.29 is 23.8 Å². The van der Waals surface area contributed by atoms with Gasteiger partial charge in [0.15, 0.2) is 0 Å². The SMILES string of the molecule is O=C(O)NC(CNC(=O)C1=Nc2ccccc2S(O)(O)N1)C1CCCCC1. The molecule has 0 aromatic heterocycles. The molecule has 1 aliphatic heterocycles. The molecule has 1 fully saturated rings. The second kappa shape index (κ2) is 8.15. The third-order valence-corrected chi connectivity index (χ3v) is 6.31. The van der Waals surface area contributed by atoms with Crippen LogP contribution in [0.25, 0.3) is 0 Å². The Morgan fingerprint density at radius 1 is 1.22 bits per heavy atom. The van der Waals surface area contributed by atoms with E-state index in [4.69, 9.17) is 5.11 Å². The molecule has 2 amide bonds. The van der Waals surface area contributed by atoms with Gasteiger partial charge in [0.05, 0.1) is 11.7 Å². The summed E-state index contributed by atoms with van der Waals surface area (Å²) in [4.78, 5) is 28.0. The summed E-state index contributed by atoms with van der Waals surface area (Å²) < 4.78 is 22.8. The quantitative estimate of drug-likeness (QED) is 0.452. The van der Waals surface area contributed by atoms with Crippen LogP contribution in [0.15, 0.2) is 34.2 Å². The first kappa shape index (κ1) is 19.5. The Labute approximate surface area is 158 Å². The van der Waals surface area contributed by atoms with E-state index in [1.807, 2.05) is 0 Å². The summed E-state index contributed by atoms with van der Waals surface area (Å²) in [6, 6.07) is 6.07. The number of fused-ring (bicyclic) bond motifs is 1. The van der Waals surface area contributed by atoms with E-state index in [9.17, 15) is 18.7 Å². The van der Waals surface area contributed by atoms with Crippen LogP contribution in [0.1, 0.15) is 32.1 Å². The fourth-order valence-corrected chi connectivity index (χ4v) is 4.73. The van der Waals surface area contributed by atoms with Crippen molar-refractivity contribution in [3.05, 3.63) is 24.3 Å². The maximum Gasteiger partial charge on any atom is 0.404 e. The lowest BCUT2D eigenvalue weighted by atomic mass is 9.84. The highest BCUT2D eigenvalue weighted by Gasteiger charge is 2.30. The number of carbonyl (C=O) groups is 2. The van der Waals surface area contributed by atoms with Crippen LogP contribution in [0, 0.1) is 5.92 Å². The average molecular weight is 396 g/mol.